The quantitative estimate of drug-likeness (QED) is 0.759. The molecule has 0 spiro atoms. The second-order valence-electron chi connectivity index (χ2n) is 5.93. The normalized spacial score (nSPS) is 18.5. The van der Waals surface area contributed by atoms with Crippen molar-refractivity contribution in [1.29, 1.82) is 0 Å². The van der Waals surface area contributed by atoms with Crippen LogP contribution < -0.4 is 10.2 Å². The molecule has 3 heterocycles. The molecule has 2 N–H and O–H groups in total. The lowest BCUT2D eigenvalue weighted by Gasteiger charge is -2.32. The number of fused-ring (bicyclic) bond motifs is 1. The summed E-state index contributed by atoms with van der Waals surface area (Å²) in [5.41, 5.74) is 2.83. The lowest BCUT2D eigenvalue weighted by Crippen LogP contribution is -2.49. The summed E-state index contributed by atoms with van der Waals surface area (Å²) in [4.78, 5) is 14.8. The molecule has 118 valence electrons. The minimum atomic E-state index is 0.455. The van der Waals surface area contributed by atoms with Gasteiger partial charge in [-0.15, -0.1) is 0 Å². The van der Waals surface area contributed by atoms with Crippen molar-refractivity contribution >= 4 is 28.5 Å². The van der Waals surface area contributed by atoms with Crippen LogP contribution in [-0.2, 0) is 0 Å². The van der Waals surface area contributed by atoms with Crippen LogP contribution in [0.25, 0.3) is 22.4 Å². The van der Waals surface area contributed by atoms with Crippen LogP contribution in [0.4, 0.5) is 5.82 Å². The number of hydrogen-bond acceptors (Lipinski definition) is 4. The van der Waals surface area contributed by atoms with Gasteiger partial charge in [-0.3, -0.25) is 0 Å². The van der Waals surface area contributed by atoms with Gasteiger partial charge in [-0.2, -0.15) is 0 Å². The largest absolute Gasteiger partial charge is 0.354 e. The zero-order valence-electron chi connectivity index (χ0n) is 12.9. The number of H-pyrrole nitrogens is 1. The number of halogens is 1. The lowest BCUT2D eigenvalue weighted by atomic mass is 10.2. The van der Waals surface area contributed by atoms with E-state index in [4.69, 9.17) is 11.6 Å². The molecule has 1 aliphatic heterocycles. The van der Waals surface area contributed by atoms with E-state index in [1.54, 1.807) is 6.20 Å². The summed E-state index contributed by atoms with van der Waals surface area (Å²) >= 11 is 6.37. The van der Waals surface area contributed by atoms with Crippen LogP contribution in [0, 0.1) is 0 Å². The van der Waals surface area contributed by atoms with Gasteiger partial charge in [0.1, 0.15) is 11.6 Å². The molecular weight excluding hydrogens is 310 g/mol. The molecule has 23 heavy (non-hydrogen) atoms. The van der Waals surface area contributed by atoms with Crippen LogP contribution in [0.1, 0.15) is 6.92 Å². The van der Waals surface area contributed by atoms with Crippen molar-refractivity contribution in [3.63, 3.8) is 0 Å². The van der Waals surface area contributed by atoms with E-state index >= 15 is 0 Å². The lowest BCUT2D eigenvalue weighted by molar-refractivity contribution is 0.482. The Labute approximate surface area is 139 Å². The third-order valence-corrected chi connectivity index (χ3v) is 4.48. The number of piperazine rings is 1. The van der Waals surface area contributed by atoms with E-state index in [-0.39, 0.29) is 0 Å². The Balaban J connectivity index is 1.74. The SMILES string of the molecule is CC1CN(c2cc(-c3nc4ccccc4[nH]3)c(Cl)cn2)CCN1. The zero-order chi connectivity index (χ0) is 15.8. The molecule has 3 aromatic rings. The highest BCUT2D eigenvalue weighted by atomic mass is 35.5. The highest BCUT2D eigenvalue weighted by Gasteiger charge is 2.19. The van der Waals surface area contributed by atoms with Gasteiger partial charge in [0.25, 0.3) is 0 Å². The van der Waals surface area contributed by atoms with Crippen molar-refractivity contribution in [3.05, 3.63) is 41.6 Å². The van der Waals surface area contributed by atoms with Crippen LogP contribution in [-0.4, -0.2) is 40.6 Å². The summed E-state index contributed by atoms with van der Waals surface area (Å²) in [6, 6.07) is 10.5. The first-order valence-corrected chi connectivity index (χ1v) is 8.17. The maximum atomic E-state index is 6.37. The summed E-state index contributed by atoms with van der Waals surface area (Å²) in [5.74, 6) is 1.72. The maximum absolute atomic E-state index is 6.37. The molecule has 5 nitrogen and oxygen atoms in total. The number of para-hydroxylation sites is 2. The molecule has 0 radical (unpaired) electrons. The summed E-state index contributed by atoms with van der Waals surface area (Å²) in [6.07, 6.45) is 1.71. The Morgan fingerprint density at radius 2 is 2.17 bits per heavy atom. The zero-order valence-corrected chi connectivity index (χ0v) is 13.6. The number of imidazole rings is 1. The number of nitrogens with one attached hydrogen (secondary N) is 2. The smallest absolute Gasteiger partial charge is 0.140 e. The monoisotopic (exact) mass is 327 g/mol. The molecule has 1 saturated heterocycles. The van der Waals surface area contributed by atoms with Crippen LogP contribution in [0.5, 0.6) is 0 Å². The fourth-order valence-corrected chi connectivity index (χ4v) is 3.20. The number of hydrogen-bond donors (Lipinski definition) is 2. The first-order chi connectivity index (χ1) is 11.2. The fraction of sp³-hybridized carbons (Fsp3) is 0.294. The number of rotatable bonds is 2. The number of anilines is 1. The van der Waals surface area contributed by atoms with Gasteiger partial charge in [0.05, 0.1) is 16.1 Å². The Morgan fingerprint density at radius 3 is 3.00 bits per heavy atom. The third kappa shape index (κ3) is 2.78. The molecule has 1 fully saturated rings. The van der Waals surface area contributed by atoms with Crippen molar-refractivity contribution in [2.75, 3.05) is 24.5 Å². The predicted octanol–water partition coefficient (Wildman–Crippen LogP) is 3.08. The topological polar surface area (TPSA) is 56.8 Å². The van der Waals surface area contributed by atoms with E-state index in [2.05, 4.69) is 32.1 Å². The number of pyridine rings is 1. The summed E-state index contributed by atoms with van der Waals surface area (Å²) in [5, 5.41) is 4.05. The molecule has 0 saturated carbocycles. The molecule has 0 aliphatic carbocycles. The van der Waals surface area contributed by atoms with Gasteiger partial charge in [0.2, 0.25) is 0 Å². The van der Waals surface area contributed by atoms with Crippen molar-refractivity contribution in [1.82, 2.24) is 20.3 Å². The Hall–Kier alpha value is -2.11. The van der Waals surface area contributed by atoms with Crippen LogP contribution in [0.15, 0.2) is 36.5 Å². The second kappa shape index (κ2) is 5.83. The molecule has 1 atom stereocenters. The van der Waals surface area contributed by atoms with Crippen LogP contribution in [0.2, 0.25) is 5.02 Å². The Bertz CT molecular complexity index is 811. The van der Waals surface area contributed by atoms with Gasteiger partial charge in [-0.05, 0) is 25.1 Å². The van der Waals surface area contributed by atoms with Gasteiger partial charge in [-0.25, -0.2) is 9.97 Å². The minimum absolute atomic E-state index is 0.455. The number of nitrogens with zero attached hydrogens (tertiary/aromatic N) is 3. The average molecular weight is 328 g/mol. The number of aromatic nitrogens is 3. The van der Waals surface area contributed by atoms with E-state index in [9.17, 15) is 0 Å². The molecule has 2 aromatic heterocycles. The van der Waals surface area contributed by atoms with Crippen LogP contribution in [0.3, 0.4) is 0 Å². The van der Waals surface area contributed by atoms with E-state index in [1.165, 1.54) is 0 Å². The Morgan fingerprint density at radius 1 is 1.30 bits per heavy atom. The van der Waals surface area contributed by atoms with E-state index in [0.29, 0.717) is 11.1 Å². The highest BCUT2D eigenvalue weighted by Crippen LogP contribution is 2.30. The molecule has 0 amide bonds. The first kappa shape index (κ1) is 14.5. The molecule has 4 rings (SSSR count). The maximum Gasteiger partial charge on any atom is 0.140 e. The van der Waals surface area contributed by atoms with Crippen molar-refractivity contribution in [2.24, 2.45) is 0 Å². The van der Waals surface area contributed by atoms with E-state index in [1.807, 2.05) is 30.3 Å². The molecule has 1 unspecified atom stereocenters. The molecular formula is C17H18ClN5. The van der Waals surface area contributed by atoms with Crippen molar-refractivity contribution in [3.8, 4) is 11.4 Å². The summed E-state index contributed by atoms with van der Waals surface area (Å²) in [7, 11) is 0. The van der Waals surface area contributed by atoms with Crippen molar-refractivity contribution in [2.45, 2.75) is 13.0 Å². The fourth-order valence-electron chi connectivity index (χ4n) is 3.00. The average Bonchev–Trinajstić information content (AvgIpc) is 2.99. The van der Waals surface area contributed by atoms with E-state index in [0.717, 1.165) is 47.9 Å². The molecule has 0 bridgehead atoms. The number of benzene rings is 1. The molecule has 6 heteroatoms. The highest BCUT2D eigenvalue weighted by molar-refractivity contribution is 6.33. The summed E-state index contributed by atoms with van der Waals surface area (Å²) < 4.78 is 0. The van der Waals surface area contributed by atoms with Gasteiger partial charge in [-0.1, -0.05) is 23.7 Å². The predicted molar refractivity (Wildman–Crippen MR) is 94.0 cm³/mol. The number of aromatic amines is 1. The van der Waals surface area contributed by atoms with Gasteiger partial charge >= 0.3 is 0 Å². The third-order valence-electron chi connectivity index (χ3n) is 4.18. The standard InChI is InChI=1S/C17H18ClN5/c1-11-10-23(7-6-19-11)16-8-12(13(18)9-20-16)17-21-14-4-2-3-5-15(14)22-17/h2-5,8-9,11,19H,6-7,10H2,1H3,(H,21,22). The van der Waals surface area contributed by atoms with Crippen LogP contribution >= 0.6 is 11.6 Å². The van der Waals surface area contributed by atoms with E-state index < -0.39 is 0 Å². The second-order valence-corrected chi connectivity index (χ2v) is 6.33. The van der Waals surface area contributed by atoms with Crippen molar-refractivity contribution < 1.29 is 0 Å². The van der Waals surface area contributed by atoms with Gasteiger partial charge in [0.15, 0.2) is 0 Å². The van der Waals surface area contributed by atoms with Gasteiger partial charge in [0, 0.05) is 37.4 Å². The summed E-state index contributed by atoms with van der Waals surface area (Å²) in [6.45, 7) is 5.03. The molecule has 1 aliphatic rings. The Kier molecular flexibility index (Phi) is 3.67. The minimum Gasteiger partial charge on any atom is -0.354 e. The van der Waals surface area contributed by atoms with Gasteiger partial charge < -0.3 is 15.2 Å². The first-order valence-electron chi connectivity index (χ1n) is 7.80. The molecule has 1 aromatic carbocycles.